The molecule has 2 aromatic carbocycles. The van der Waals surface area contributed by atoms with E-state index in [1.807, 2.05) is 18.2 Å². The van der Waals surface area contributed by atoms with Gasteiger partial charge in [-0.05, 0) is 36.6 Å². The van der Waals surface area contributed by atoms with Crippen molar-refractivity contribution in [2.45, 2.75) is 32.4 Å². The Balaban J connectivity index is 1.90. The molecule has 0 spiro atoms. The van der Waals surface area contributed by atoms with Crippen molar-refractivity contribution in [2.24, 2.45) is 0 Å². The van der Waals surface area contributed by atoms with Gasteiger partial charge in [-0.1, -0.05) is 42.8 Å². The van der Waals surface area contributed by atoms with Gasteiger partial charge < -0.3 is 10.1 Å². The lowest BCUT2D eigenvalue weighted by molar-refractivity contribution is 0.177. The summed E-state index contributed by atoms with van der Waals surface area (Å²) in [7, 11) is 0. The van der Waals surface area contributed by atoms with Gasteiger partial charge in [0.25, 0.3) is 0 Å². The van der Waals surface area contributed by atoms with Gasteiger partial charge in [0.1, 0.15) is 11.9 Å². The van der Waals surface area contributed by atoms with Crippen LogP contribution in [0.2, 0.25) is 5.02 Å². The minimum absolute atomic E-state index is 0.00636. The van der Waals surface area contributed by atoms with Gasteiger partial charge in [0.05, 0.1) is 11.7 Å². The van der Waals surface area contributed by atoms with Gasteiger partial charge in [0.15, 0.2) is 0 Å². The third-order valence-electron chi connectivity index (χ3n) is 3.75. The molecule has 1 N–H and O–H groups in total. The summed E-state index contributed by atoms with van der Waals surface area (Å²) in [5, 5.41) is 4.18. The van der Waals surface area contributed by atoms with Crippen LogP contribution in [0.25, 0.3) is 0 Å². The Morgan fingerprint density at radius 3 is 2.60 bits per heavy atom. The van der Waals surface area contributed by atoms with Crippen LogP contribution in [0.1, 0.15) is 31.1 Å². The molecule has 2 aromatic rings. The van der Waals surface area contributed by atoms with E-state index in [9.17, 15) is 0 Å². The molecule has 0 radical (unpaired) electrons. The number of halogens is 1. The quantitative estimate of drug-likeness (QED) is 0.853. The Hall–Kier alpha value is -1.67. The van der Waals surface area contributed by atoms with E-state index in [1.54, 1.807) is 0 Å². The highest BCUT2D eigenvalue weighted by Gasteiger charge is 2.27. The molecule has 3 heteroatoms. The van der Waals surface area contributed by atoms with Crippen molar-refractivity contribution in [3.8, 4) is 5.75 Å². The smallest absolute Gasteiger partial charge is 0.144 e. The van der Waals surface area contributed by atoms with E-state index in [-0.39, 0.29) is 12.1 Å². The van der Waals surface area contributed by atoms with E-state index in [0.717, 1.165) is 17.9 Å². The minimum atomic E-state index is 0.00636. The topological polar surface area (TPSA) is 21.3 Å². The molecule has 1 heterocycles. The van der Waals surface area contributed by atoms with Crippen molar-refractivity contribution < 1.29 is 4.74 Å². The fourth-order valence-corrected chi connectivity index (χ4v) is 2.73. The lowest BCUT2D eigenvalue weighted by Crippen LogP contribution is -2.32. The highest BCUT2D eigenvalue weighted by atomic mass is 35.5. The van der Waals surface area contributed by atoms with Crippen molar-refractivity contribution in [2.75, 3.05) is 5.32 Å². The Labute approximate surface area is 124 Å². The van der Waals surface area contributed by atoms with E-state index in [2.05, 4.69) is 43.4 Å². The molecule has 0 saturated carbocycles. The highest BCUT2D eigenvalue weighted by molar-refractivity contribution is 6.30. The average molecular weight is 288 g/mol. The Morgan fingerprint density at radius 2 is 1.90 bits per heavy atom. The molecule has 1 aliphatic heterocycles. The molecule has 0 aliphatic carbocycles. The third-order valence-corrected chi connectivity index (χ3v) is 3.99. The van der Waals surface area contributed by atoms with Crippen LogP contribution in [-0.2, 0) is 6.42 Å². The maximum atomic E-state index is 6.14. The number of hydrogen-bond acceptors (Lipinski definition) is 2. The fraction of sp³-hybridized carbons (Fsp3) is 0.294. The largest absolute Gasteiger partial charge is 0.481 e. The van der Waals surface area contributed by atoms with Crippen LogP contribution in [-0.4, -0.2) is 6.04 Å². The van der Waals surface area contributed by atoms with Crippen molar-refractivity contribution in [1.82, 2.24) is 0 Å². The summed E-state index contributed by atoms with van der Waals surface area (Å²) < 4.78 is 6.14. The minimum Gasteiger partial charge on any atom is -0.481 e. The predicted molar refractivity (Wildman–Crippen MR) is 83.7 cm³/mol. The van der Waals surface area contributed by atoms with Crippen LogP contribution in [0, 0.1) is 0 Å². The number of fused-ring (bicyclic) bond motifs is 1. The van der Waals surface area contributed by atoms with Gasteiger partial charge in [-0.15, -0.1) is 0 Å². The second-order valence-corrected chi connectivity index (χ2v) is 5.64. The zero-order valence-electron chi connectivity index (χ0n) is 11.7. The van der Waals surface area contributed by atoms with Crippen LogP contribution in [0.4, 0.5) is 5.69 Å². The van der Waals surface area contributed by atoms with Gasteiger partial charge in [0, 0.05) is 11.1 Å². The standard InChI is InChI=1S/C17H18ClNO/c1-3-12-4-6-13(7-5-12)17-11(2)19-15-9-8-14(18)10-16(15)20-17/h4-11,17,19H,3H2,1-2H3. The number of hydrogen-bond donors (Lipinski definition) is 1. The van der Waals surface area contributed by atoms with Crippen LogP contribution in [0.3, 0.4) is 0 Å². The maximum Gasteiger partial charge on any atom is 0.144 e. The van der Waals surface area contributed by atoms with E-state index < -0.39 is 0 Å². The van der Waals surface area contributed by atoms with Gasteiger partial charge in [-0.2, -0.15) is 0 Å². The maximum absolute atomic E-state index is 6.14. The van der Waals surface area contributed by atoms with Gasteiger partial charge >= 0.3 is 0 Å². The first-order valence-electron chi connectivity index (χ1n) is 6.99. The number of anilines is 1. The second kappa shape index (κ2) is 5.37. The number of aryl methyl sites for hydroxylation is 1. The number of rotatable bonds is 2. The first-order chi connectivity index (χ1) is 9.67. The lowest BCUT2D eigenvalue weighted by Gasteiger charge is -2.33. The molecule has 2 unspecified atom stereocenters. The summed E-state index contributed by atoms with van der Waals surface area (Å²) in [5.74, 6) is 0.820. The highest BCUT2D eigenvalue weighted by Crippen LogP contribution is 2.38. The summed E-state index contributed by atoms with van der Waals surface area (Å²) in [6, 6.07) is 14.6. The molecule has 0 fully saturated rings. The van der Waals surface area contributed by atoms with Crippen molar-refractivity contribution in [3.05, 3.63) is 58.6 Å². The van der Waals surface area contributed by atoms with Crippen LogP contribution >= 0.6 is 11.6 Å². The van der Waals surface area contributed by atoms with Crippen molar-refractivity contribution in [3.63, 3.8) is 0 Å². The molecule has 0 saturated heterocycles. The molecular formula is C17H18ClNO. The number of ether oxygens (including phenoxy) is 1. The first-order valence-corrected chi connectivity index (χ1v) is 7.36. The van der Waals surface area contributed by atoms with Crippen molar-refractivity contribution in [1.29, 1.82) is 0 Å². The van der Waals surface area contributed by atoms with Crippen LogP contribution in [0.15, 0.2) is 42.5 Å². The Morgan fingerprint density at radius 1 is 1.15 bits per heavy atom. The zero-order chi connectivity index (χ0) is 14.1. The van der Waals surface area contributed by atoms with Crippen LogP contribution < -0.4 is 10.1 Å². The molecule has 1 aliphatic rings. The molecule has 104 valence electrons. The lowest BCUT2D eigenvalue weighted by atomic mass is 9.99. The SMILES string of the molecule is CCc1ccc(C2Oc3cc(Cl)ccc3NC2C)cc1. The van der Waals surface area contributed by atoms with E-state index >= 15 is 0 Å². The molecule has 3 rings (SSSR count). The summed E-state index contributed by atoms with van der Waals surface area (Å²) in [5.41, 5.74) is 3.53. The van der Waals surface area contributed by atoms with Gasteiger partial charge in [-0.3, -0.25) is 0 Å². The second-order valence-electron chi connectivity index (χ2n) is 5.21. The molecule has 20 heavy (non-hydrogen) atoms. The zero-order valence-corrected chi connectivity index (χ0v) is 12.4. The predicted octanol–water partition coefficient (Wildman–Crippen LogP) is 4.84. The number of benzene rings is 2. The molecule has 2 nitrogen and oxygen atoms in total. The summed E-state index contributed by atoms with van der Waals surface area (Å²) >= 11 is 6.04. The molecule has 2 atom stereocenters. The summed E-state index contributed by atoms with van der Waals surface area (Å²) in [4.78, 5) is 0. The van der Waals surface area contributed by atoms with E-state index in [1.165, 1.54) is 11.1 Å². The Kier molecular flexibility index (Phi) is 3.58. The van der Waals surface area contributed by atoms with E-state index in [4.69, 9.17) is 16.3 Å². The first kappa shape index (κ1) is 13.3. The summed E-state index contributed by atoms with van der Waals surface area (Å²) in [6.45, 7) is 4.30. The van der Waals surface area contributed by atoms with Gasteiger partial charge in [0.2, 0.25) is 0 Å². The number of nitrogens with one attached hydrogen (secondary N) is 1. The van der Waals surface area contributed by atoms with Crippen LogP contribution in [0.5, 0.6) is 5.75 Å². The van der Waals surface area contributed by atoms with Crippen molar-refractivity contribution >= 4 is 17.3 Å². The molecule has 0 amide bonds. The summed E-state index contributed by atoms with van der Waals surface area (Å²) in [6.07, 6.45) is 1.06. The Bertz CT molecular complexity index is 609. The normalized spacial score (nSPS) is 20.8. The van der Waals surface area contributed by atoms with E-state index in [0.29, 0.717) is 5.02 Å². The third kappa shape index (κ3) is 2.48. The average Bonchev–Trinajstić information content (AvgIpc) is 2.47. The molecular weight excluding hydrogens is 270 g/mol. The van der Waals surface area contributed by atoms with Gasteiger partial charge in [-0.25, -0.2) is 0 Å². The monoisotopic (exact) mass is 287 g/mol. The molecule has 0 bridgehead atoms. The molecule has 0 aromatic heterocycles. The fourth-order valence-electron chi connectivity index (χ4n) is 2.57.